The van der Waals surface area contributed by atoms with Crippen molar-refractivity contribution < 1.29 is 0 Å². The average Bonchev–Trinajstić information content (AvgIpc) is 2.49. The molecule has 0 bridgehead atoms. The molecule has 2 rings (SSSR count). The van der Waals surface area contributed by atoms with Gasteiger partial charge < -0.3 is 5.73 Å². The minimum atomic E-state index is 0.156. The first-order valence-corrected chi connectivity index (χ1v) is 4.50. The molecule has 1 aromatic rings. The molecule has 0 saturated heterocycles. The van der Waals surface area contributed by atoms with Crippen LogP contribution in [0.3, 0.4) is 0 Å². The van der Waals surface area contributed by atoms with Gasteiger partial charge in [0.05, 0.1) is 11.4 Å². The van der Waals surface area contributed by atoms with Gasteiger partial charge in [0.1, 0.15) is 0 Å². The van der Waals surface area contributed by atoms with E-state index < -0.39 is 0 Å². The molecule has 4 heteroatoms. The van der Waals surface area contributed by atoms with E-state index in [1.807, 2.05) is 4.68 Å². The van der Waals surface area contributed by atoms with Crippen molar-refractivity contribution in [2.75, 3.05) is 0 Å². The smallest absolute Gasteiger partial charge is 0.0875 e. The lowest BCUT2D eigenvalue weighted by Crippen LogP contribution is -2.20. The van der Waals surface area contributed by atoms with Gasteiger partial charge in [-0.15, -0.1) is 5.10 Å². The fraction of sp³-hybridized carbons (Fsp3) is 0.750. The third kappa shape index (κ3) is 1.03. The Hall–Kier alpha value is -0.900. The summed E-state index contributed by atoms with van der Waals surface area (Å²) in [7, 11) is 0. The number of hydrogen-bond donors (Lipinski definition) is 1. The molecule has 0 amide bonds. The zero-order valence-electron chi connectivity index (χ0n) is 7.32. The lowest BCUT2D eigenvalue weighted by molar-refractivity contribution is 0.506. The Kier molecular flexibility index (Phi) is 1.84. The van der Waals surface area contributed by atoms with Crippen LogP contribution in [0.5, 0.6) is 0 Å². The fourth-order valence-electron chi connectivity index (χ4n) is 1.80. The highest BCUT2D eigenvalue weighted by Gasteiger charge is 2.22. The molecule has 1 aliphatic rings. The second-order valence-electron chi connectivity index (χ2n) is 3.24. The first kappa shape index (κ1) is 7.73. The second kappa shape index (κ2) is 2.86. The number of aryl methyl sites for hydroxylation is 2. The molecule has 1 atom stereocenters. The van der Waals surface area contributed by atoms with Crippen LogP contribution in [0.4, 0.5) is 0 Å². The first-order chi connectivity index (χ1) is 5.83. The number of fused-ring (bicyclic) bond motifs is 1. The van der Waals surface area contributed by atoms with Crippen molar-refractivity contribution in [3.63, 3.8) is 0 Å². The zero-order chi connectivity index (χ0) is 8.55. The van der Waals surface area contributed by atoms with E-state index in [4.69, 9.17) is 5.73 Å². The van der Waals surface area contributed by atoms with Gasteiger partial charge in [-0.3, -0.25) is 0 Å². The van der Waals surface area contributed by atoms with Crippen molar-refractivity contribution in [3.05, 3.63) is 11.4 Å². The van der Waals surface area contributed by atoms with Crippen molar-refractivity contribution in [2.24, 2.45) is 5.73 Å². The highest BCUT2D eigenvalue weighted by atomic mass is 15.4. The Morgan fingerprint density at radius 1 is 1.67 bits per heavy atom. The van der Waals surface area contributed by atoms with E-state index in [2.05, 4.69) is 17.2 Å². The first-order valence-electron chi connectivity index (χ1n) is 4.50. The maximum absolute atomic E-state index is 5.97. The van der Waals surface area contributed by atoms with Gasteiger partial charge in [0.25, 0.3) is 0 Å². The monoisotopic (exact) mass is 166 g/mol. The number of nitrogens with zero attached hydrogens (tertiary/aromatic N) is 3. The summed E-state index contributed by atoms with van der Waals surface area (Å²) in [5.74, 6) is 0. The molecule has 0 radical (unpaired) electrons. The topological polar surface area (TPSA) is 56.7 Å². The molecule has 4 nitrogen and oxygen atoms in total. The standard InChI is InChI=1S/C8H14N4/c1-2-12-8-6(9)4-3-5-7(8)10-11-12/h6H,2-5,9H2,1H3. The van der Waals surface area contributed by atoms with Gasteiger partial charge in [-0.1, -0.05) is 5.21 Å². The van der Waals surface area contributed by atoms with Crippen LogP contribution in [0.25, 0.3) is 0 Å². The van der Waals surface area contributed by atoms with E-state index in [1.165, 1.54) is 0 Å². The maximum Gasteiger partial charge on any atom is 0.0875 e. The van der Waals surface area contributed by atoms with Gasteiger partial charge in [-0.25, -0.2) is 4.68 Å². The van der Waals surface area contributed by atoms with Crippen LogP contribution in [0.15, 0.2) is 0 Å². The minimum absolute atomic E-state index is 0.156. The lowest BCUT2D eigenvalue weighted by Gasteiger charge is -2.18. The van der Waals surface area contributed by atoms with E-state index >= 15 is 0 Å². The van der Waals surface area contributed by atoms with Crippen LogP contribution < -0.4 is 5.73 Å². The van der Waals surface area contributed by atoms with Crippen LogP contribution in [0.1, 0.15) is 37.2 Å². The third-order valence-electron chi connectivity index (χ3n) is 2.43. The molecule has 66 valence electrons. The molecule has 1 aliphatic carbocycles. The quantitative estimate of drug-likeness (QED) is 0.666. The normalized spacial score (nSPS) is 22.3. The Morgan fingerprint density at radius 3 is 3.25 bits per heavy atom. The molecule has 0 fully saturated rings. The fourth-order valence-corrected chi connectivity index (χ4v) is 1.80. The molecule has 1 unspecified atom stereocenters. The lowest BCUT2D eigenvalue weighted by atomic mass is 9.97. The Balaban J connectivity index is 2.43. The van der Waals surface area contributed by atoms with Gasteiger partial charge in [0, 0.05) is 12.6 Å². The predicted octanol–water partition coefficient (Wildman–Crippen LogP) is 0.634. The summed E-state index contributed by atoms with van der Waals surface area (Å²) in [4.78, 5) is 0. The molecule has 12 heavy (non-hydrogen) atoms. The molecular weight excluding hydrogens is 152 g/mol. The van der Waals surface area contributed by atoms with E-state index in [0.717, 1.165) is 37.2 Å². The highest BCUT2D eigenvalue weighted by Crippen LogP contribution is 2.25. The van der Waals surface area contributed by atoms with Crippen molar-refractivity contribution in [3.8, 4) is 0 Å². The minimum Gasteiger partial charge on any atom is -0.323 e. The SMILES string of the molecule is CCn1nnc2c1C(N)CCC2. The van der Waals surface area contributed by atoms with Gasteiger partial charge in [0.2, 0.25) is 0 Å². The maximum atomic E-state index is 5.97. The van der Waals surface area contributed by atoms with Gasteiger partial charge in [-0.05, 0) is 26.2 Å². The van der Waals surface area contributed by atoms with E-state index in [0.29, 0.717) is 0 Å². The summed E-state index contributed by atoms with van der Waals surface area (Å²) in [6.07, 6.45) is 3.26. The van der Waals surface area contributed by atoms with E-state index in [9.17, 15) is 0 Å². The van der Waals surface area contributed by atoms with Crippen LogP contribution in [-0.2, 0) is 13.0 Å². The molecule has 0 aliphatic heterocycles. The number of hydrogen-bond acceptors (Lipinski definition) is 3. The molecule has 0 aromatic carbocycles. The van der Waals surface area contributed by atoms with Crippen molar-refractivity contribution in [1.82, 2.24) is 15.0 Å². The summed E-state index contributed by atoms with van der Waals surface area (Å²) < 4.78 is 1.92. The van der Waals surface area contributed by atoms with Gasteiger partial charge >= 0.3 is 0 Å². The van der Waals surface area contributed by atoms with Crippen LogP contribution in [0.2, 0.25) is 0 Å². The Labute approximate surface area is 71.8 Å². The van der Waals surface area contributed by atoms with E-state index in [-0.39, 0.29) is 6.04 Å². The van der Waals surface area contributed by atoms with Crippen molar-refractivity contribution in [1.29, 1.82) is 0 Å². The van der Waals surface area contributed by atoms with Crippen LogP contribution in [0, 0.1) is 0 Å². The number of rotatable bonds is 1. The predicted molar refractivity (Wildman–Crippen MR) is 45.6 cm³/mol. The molecule has 0 spiro atoms. The third-order valence-corrected chi connectivity index (χ3v) is 2.43. The summed E-state index contributed by atoms with van der Waals surface area (Å²) in [6.45, 7) is 2.94. The van der Waals surface area contributed by atoms with Crippen LogP contribution in [-0.4, -0.2) is 15.0 Å². The average molecular weight is 166 g/mol. The number of aromatic nitrogens is 3. The van der Waals surface area contributed by atoms with Gasteiger partial charge in [-0.2, -0.15) is 0 Å². The highest BCUT2D eigenvalue weighted by molar-refractivity contribution is 5.17. The largest absolute Gasteiger partial charge is 0.323 e. The molecule has 1 heterocycles. The zero-order valence-corrected chi connectivity index (χ0v) is 7.32. The molecule has 2 N–H and O–H groups in total. The summed E-state index contributed by atoms with van der Waals surface area (Å²) in [5, 5.41) is 8.16. The molecule has 1 aromatic heterocycles. The summed E-state index contributed by atoms with van der Waals surface area (Å²) >= 11 is 0. The molecule has 0 saturated carbocycles. The summed E-state index contributed by atoms with van der Waals surface area (Å²) in [5.41, 5.74) is 8.23. The summed E-state index contributed by atoms with van der Waals surface area (Å²) in [6, 6.07) is 0.156. The Morgan fingerprint density at radius 2 is 2.50 bits per heavy atom. The number of nitrogens with two attached hydrogens (primary N) is 1. The molecular formula is C8H14N4. The Bertz CT molecular complexity index is 265. The second-order valence-corrected chi connectivity index (χ2v) is 3.24. The van der Waals surface area contributed by atoms with Crippen molar-refractivity contribution in [2.45, 2.75) is 38.8 Å². The van der Waals surface area contributed by atoms with Gasteiger partial charge in [0.15, 0.2) is 0 Å². The van der Waals surface area contributed by atoms with Crippen molar-refractivity contribution >= 4 is 0 Å². The van der Waals surface area contributed by atoms with Crippen LogP contribution >= 0.6 is 0 Å². The van der Waals surface area contributed by atoms with E-state index in [1.54, 1.807) is 0 Å².